The third-order valence-electron chi connectivity index (χ3n) is 3.67. The lowest BCUT2D eigenvalue weighted by Crippen LogP contribution is -2.37. The van der Waals surface area contributed by atoms with E-state index in [2.05, 4.69) is 5.32 Å². The van der Waals surface area contributed by atoms with E-state index >= 15 is 0 Å². The van der Waals surface area contributed by atoms with Crippen LogP contribution in [-0.4, -0.2) is 28.1 Å². The van der Waals surface area contributed by atoms with E-state index in [-0.39, 0.29) is 17.9 Å². The molecule has 2 N–H and O–H groups in total. The van der Waals surface area contributed by atoms with Crippen molar-refractivity contribution in [3.63, 3.8) is 0 Å². The van der Waals surface area contributed by atoms with Gasteiger partial charge in [-0.3, -0.25) is 14.4 Å². The Labute approximate surface area is 136 Å². The molecule has 1 amide bonds. The maximum Gasteiger partial charge on any atom is 0.303 e. The Morgan fingerprint density at radius 3 is 2.65 bits per heavy atom. The van der Waals surface area contributed by atoms with Crippen LogP contribution in [0.15, 0.2) is 23.1 Å². The summed E-state index contributed by atoms with van der Waals surface area (Å²) in [5, 5.41) is 11.4. The van der Waals surface area contributed by atoms with Crippen LogP contribution in [0, 0.1) is 6.92 Å². The van der Waals surface area contributed by atoms with E-state index < -0.39 is 12.0 Å². The molecule has 1 aromatic rings. The van der Waals surface area contributed by atoms with Crippen molar-refractivity contribution in [2.75, 3.05) is 6.54 Å². The summed E-state index contributed by atoms with van der Waals surface area (Å²) in [6.07, 6.45) is 5.34. The molecule has 128 valence electrons. The van der Waals surface area contributed by atoms with Crippen LogP contribution in [0.4, 0.5) is 0 Å². The smallest absolute Gasteiger partial charge is 0.303 e. The van der Waals surface area contributed by atoms with Gasteiger partial charge in [-0.25, -0.2) is 0 Å². The van der Waals surface area contributed by atoms with E-state index in [1.165, 1.54) is 10.6 Å². The van der Waals surface area contributed by atoms with Gasteiger partial charge in [-0.05, 0) is 37.8 Å². The first-order valence-corrected chi connectivity index (χ1v) is 8.14. The van der Waals surface area contributed by atoms with Gasteiger partial charge in [0.1, 0.15) is 6.04 Å². The Bertz CT molecular complexity index is 580. The molecule has 1 aromatic heterocycles. The number of unbranched alkanes of at least 4 members (excludes halogenated alkanes) is 2. The minimum atomic E-state index is -0.796. The molecule has 0 radical (unpaired) electrons. The van der Waals surface area contributed by atoms with Crippen molar-refractivity contribution in [3.05, 3.63) is 34.2 Å². The lowest BCUT2D eigenvalue weighted by atomic mass is 10.1. The number of aromatic nitrogens is 1. The van der Waals surface area contributed by atoms with Crippen LogP contribution in [0.3, 0.4) is 0 Å². The fraction of sp³-hybridized carbons (Fsp3) is 0.588. The molecule has 0 aliphatic heterocycles. The second kappa shape index (κ2) is 9.82. The van der Waals surface area contributed by atoms with Gasteiger partial charge in [0.15, 0.2) is 0 Å². The first-order valence-electron chi connectivity index (χ1n) is 8.14. The van der Waals surface area contributed by atoms with Crippen molar-refractivity contribution in [2.24, 2.45) is 0 Å². The van der Waals surface area contributed by atoms with E-state index in [9.17, 15) is 14.4 Å². The van der Waals surface area contributed by atoms with Crippen LogP contribution in [0.5, 0.6) is 0 Å². The Morgan fingerprint density at radius 2 is 2.04 bits per heavy atom. The minimum absolute atomic E-state index is 0.156. The van der Waals surface area contributed by atoms with Gasteiger partial charge in [0.2, 0.25) is 5.91 Å². The molecule has 0 saturated carbocycles. The monoisotopic (exact) mass is 322 g/mol. The third-order valence-corrected chi connectivity index (χ3v) is 3.67. The molecule has 0 spiro atoms. The molecule has 1 heterocycles. The molecule has 0 aliphatic carbocycles. The summed E-state index contributed by atoms with van der Waals surface area (Å²) in [5.74, 6) is -0.952. The zero-order valence-electron chi connectivity index (χ0n) is 13.9. The Hall–Kier alpha value is -2.11. The number of hydrogen-bond acceptors (Lipinski definition) is 3. The topological polar surface area (TPSA) is 88.4 Å². The average Bonchev–Trinajstić information content (AvgIpc) is 2.48. The van der Waals surface area contributed by atoms with Crippen molar-refractivity contribution in [1.29, 1.82) is 0 Å². The van der Waals surface area contributed by atoms with E-state index in [0.717, 1.165) is 24.8 Å². The summed E-state index contributed by atoms with van der Waals surface area (Å²) in [6.45, 7) is 4.32. The highest BCUT2D eigenvalue weighted by Crippen LogP contribution is 2.12. The molecule has 0 fully saturated rings. The maximum atomic E-state index is 12.3. The molecule has 0 aliphatic rings. The molecule has 6 nitrogen and oxygen atoms in total. The Morgan fingerprint density at radius 1 is 1.30 bits per heavy atom. The lowest BCUT2D eigenvalue weighted by Gasteiger charge is -2.19. The summed E-state index contributed by atoms with van der Waals surface area (Å²) >= 11 is 0. The van der Waals surface area contributed by atoms with Crippen molar-refractivity contribution in [1.82, 2.24) is 9.88 Å². The van der Waals surface area contributed by atoms with E-state index in [1.54, 1.807) is 6.20 Å². The highest BCUT2D eigenvalue weighted by Gasteiger charge is 2.19. The minimum Gasteiger partial charge on any atom is -0.481 e. The quantitative estimate of drug-likeness (QED) is 0.647. The predicted molar refractivity (Wildman–Crippen MR) is 88.5 cm³/mol. The molecule has 1 unspecified atom stereocenters. The lowest BCUT2D eigenvalue weighted by molar-refractivity contribution is -0.137. The number of carbonyl (C=O) groups is 2. The summed E-state index contributed by atoms with van der Waals surface area (Å²) < 4.78 is 1.48. The highest BCUT2D eigenvalue weighted by molar-refractivity contribution is 5.80. The molecule has 1 atom stereocenters. The first-order chi connectivity index (χ1) is 11.0. The van der Waals surface area contributed by atoms with Crippen LogP contribution in [-0.2, 0) is 9.59 Å². The summed E-state index contributed by atoms with van der Waals surface area (Å²) in [7, 11) is 0. The van der Waals surface area contributed by atoms with Gasteiger partial charge in [-0.2, -0.15) is 0 Å². The number of carboxylic acid groups (broad SMARTS) is 1. The van der Waals surface area contributed by atoms with Crippen molar-refractivity contribution in [2.45, 2.75) is 58.4 Å². The normalized spacial score (nSPS) is 11.9. The number of aryl methyl sites for hydroxylation is 1. The zero-order valence-corrected chi connectivity index (χ0v) is 13.9. The molecule has 0 aromatic carbocycles. The van der Waals surface area contributed by atoms with Gasteiger partial charge in [0.05, 0.1) is 0 Å². The summed E-state index contributed by atoms with van der Waals surface area (Å²) in [5.41, 5.74) is 0.709. The number of amides is 1. The molecule has 1 rings (SSSR count). The van der Waals surface area contributed by atoms with Crippen LogP contribution in [0.1, 0.15) is 57.1 Å². The molecular formula is C17H26N2O4. The summed E-state index contributed by atoms with van der Waals surface area (Å²) in [6, 6.07) is 2.86. The van der Waals surface area contributed by atoms with Crippen molar-refractivity contribution in [3.8, 4) is 0 Å². The number of aliphatic carboxylic acids is 1. The maximum absolute atomic E-state index is 12.3. The number of nitrogens with zero attached hydrogens (tertiary/aromatic N) is 1. The largest absolute Gasteiger partial charge is 0.481 e. The number of pyridine rings is 1. The average molecular weight is 322 g/mol. The van der Waals surface area contributed by atoms with Crippen LogP contribution in [0.2, 0.25) is 0 Å². The second-order valence-electron chi connectivity index (χ2n) is 5.75. The molecule has 0 bridgehead atoms. The number of rotatable bonds is 10. The number of hydrogen-bond donors (Lipinski definition) is 2. The van der Waals surface area contributed by atoms with Gasteiger partial charge in [0, 0.05) is 25.2 Å². The van der Waals surface area contributed by atoms with Gasteiger partial charge in [-0.1, -0.05) is 19.8 Å². The number of nitrogens with one attached hydrogen (secondary N) is 1. The molecule has 23 heavy (non-hydrogen) atoms. The molecule has 0 saturated heterocycles. The third kappa shape index (κ3) is 6.67. The second-order valence-corrected chi connectivity index (χ2v) is 5.75. The van der Waals surface area contributed by atoms with Crippen molar-refractivity contribution >= 4 is 11.9 Å². The highest BCUT2D eigenvalue weighted by atomic mass is 16.4. The zero-order chi connectivity index (χ0) is 17.2. The molecule has 6 heteroatoms. The Kier molecular flexibility index (Phi) is 8.08. The van der Waals surface area contributed by atoms with Gasteiger partial charge in [-0.15, -0.1) is 0 Å². The molecular weight excluding hydrogens is 296 g/mol. The fourth-order valence-electron chi connectivity index (χ4n) is 2.42. The number of carboxylic acids is 1. The number of carbonyl (C=O) groups excluding carboxylic acids is 1. The van der Waals surface area contributed by atoms with E-state index in [1.807, 2.05) is 19.9 Å². The Balaban J connectivity index is 2.55. The van der Waals surface area contributed by atoms with Gasteiger partial charge < -0.3 is 15.0 Å². The van der Waals surface area contributed by atoms with Crippen LogP contribution < -0.4 is 10.9 Å². The van der Waals surface area contributed by atoms with E-state index in [4.69, 9.17) is 5.11 Å². The fourth-order valence-corrected chi connectivity index (χ4v) is 2.42. The summed E-state index contributed by atoms with van der Waals surface area (Å²) in [4.78, 5) is 34.8. The van der Waals surface area contributed by atoms with Gasteiger partial charge >= 0.3 is 5.97 Å². The predicted octanol–water partition coefficient (Wildman–Crippen LogP) is 2.26. The van der Waals surface area contributed by atoms with E-state index in [0.29, 0.717) is 19.4 Å². The first kappa shape index (κ1) is 18.9. The van der Waals surface area contributed by atoms with Crippen molar-refractivity contribution < 1.29 is 14.7 Å². The van der Waals surface area contributed by atoms with Gasteiger partial charge in [0.25, 0.3) is 5.56 Å². The SMILES string of the molecule is CCCC(C(=O)NCCCCCC(=O)O)n1ccc(C)cc1=O. The standard InChI is InChI=1S/C17H26N2O4/c1-3-7-14(19-11-9-13(2)12-15(19)20)17(23)18-10-6-4-5-8-16(21)22/h9,11-12,14H,3-8,10H2,1-2H3,(H,18,23)(H,21,22). The van der Waals surface area contributed by atoms with Crippen LogP contribution in [0.25, 0.3) is 0 Å². The van der Waals surface area contributed by atoms with Crippen LogP contribution >= 0.6 is 0 Å².